The van der Waals surface area contributed by atoms with Crippen LogP contribution in [-0.4, -0.2) is 33.7 Å². The molecular weight excluding hydrogens is 496 g/mol. The lowest BCUT2D eigenvalue weighted by molar-refractivity contribution is 0.0695. The molecule has 2 aromatic carbocycles. The molecule has 180 valence electrons. The Labute approximate surface area is 208 Å². The minimum absolute atomic E-state index is 0.197. The summed E-state index contributed by atoms with van der Waals surface area (Å²) in [5.74, 6) is -3.28. The topological polar surface area (TPSA) is 75.4 Å². The molecule has 0 spiro atoms. The zero-order valence-corrected chi connectivity index (χ0v) is 20.0. The van der Waals surface area contributed by atoms with Crippen molar-refractivity contribution in [2.45, 2.75) is 25.7 Å². The third kappa shape index (κ3) is 4.30. The van der Waals surface area contributed by atoms with Crippen molar-refractivity contribution in [2.75, 3.05) is 18.0 Å². The van der Waals surface area contributed by atoms with Crippen LogP contribution in [0, 0.1) is 11.6 Å². The van der Waals surface area contributed by atoms with Crippen molar-refractivity contribution in [1.29, 1.82) is 0 Å². The number of hydrogen-bond donors (Lipinski definition) is 1. The Kier molecular flexibility index (Phi) is 6.29. The van der Waals surface area contributed by atoms with Crippen LogP contribution in [0.1, 0.15) is 36.0 Å². The number of fused-ring (bicyclic) bond motifs is 1. The first-order chi connectivity index (χ1) is 16.8. The number of carboxylic acids is 1. The van der Waals surface area contributed by atoms with Crippen LogP contribution in [0.3, 0.4) is 0 Å². The van der Waals surface area contributed by atoms with Gasteiger partial charge in [-0.05, 0) is 31.0 Å². The summed E-state index contributed by atoms with van der Waals surface area (Å²) in [6.45, 7) is 0.990. The van der Waals surface area contributed by atoms with Crippen LogP contribution < -0.4 is 10.3 Å². The van der Waals surface area contributed by atoms with E-state index < -0.39 is 28.6 Å². The quantitative estimate of drug-likeness (QED) is 0.354. The number of anilines is 1. The molecule has 0 unspecified atom stereocenters. The summed E-state index contributed by atoms with van der Waals surface area (Å²) in [5.41, 5.74) is -0.610. The summed E-state index contributed by atoms with van der Waals surface area (Å²) in [6.07, 6.45) is 4.63. The van der Waals surface area contributed by atoms with E-state index in [-0.39, 0.29) is 21.7 Å². The van der Waals surface area contributed by atoms with E-state index in [1.807, 2.05) is 0 Å². The second kappa shape index (κ2) is 9.39. The van der Waals surface area contributed by atoms with E-state index >= 15 is 8.78 Å². The molecule has 1 saturated heterocycles. The van der Waals surface area contributed by atoms with E-state index in [4.69, 9.17) is 11.6 Å². The van der Waals surface area contributed by atoms with E-state index in [1.165, 1.54) is 4.57 Å². The third-order valence-corrected chi connectivity index (χ3v) is 7.24. The van der Waals surface area contributed by atoms with Crippen LogP contribution in [0.2, 0.25) is 5.02 Å². The highest BCUT2D eigenvalue weighted by Crippen LogP contribution is 2.34. The number of thiazole rings is 1. The first-order valence-electron chi connectivity index (χ1n) is 11.1. The summed E-state index contributed by atoms with van der Waals surface area (Å²) in [4.78, 5) is 30.9. The fraction of sp³-hybridized carbons (Fsp3) is 0.240. The van der Waals surface area contributed by atoms with Gasteiger partial charge in [0.05, 0.1) is 16.6 Å². The molecule has 4 aromatic rings. The molecule has 0 bridgehead atoms. The maximum absolute atomic E-state index is 16.1. The van der Waals surface area contributed by atoms with Crippen LogP contribution in [-0.2, 0) is 0 Å². The average Bonchev–Trinajstić information content (AvgIpc) is 3.16. The molecule has 1 fully saturated rings. The van der Waals surface area contributed by atoms with Crippen molar-refractivity contribution in [3.8, 4) is 16.4 Å². The van der Waals surface area contributed by atoms with Gasteiger partial charge in [0.15, 0.2) is 10.9 Å². The van der Waals surface area contributed by atoms with Crippen LogP contribution in [0.5, 0.6) is 0 Å². The fourth-order valence-electron chi connectivity index (χ4n) is 4.42. The molecule has 5 rings (SSSR count). The van der Waals surface area contributed by atoms with E-state index in [9.17, 15) is 14.7 Å². The molecule has 6 nitrogen and oxygen atoms in total. The monoisotopic (exact) mass is 515 g/mol. The molecule has 2 aromatic heterocycles. The van der Waals surface area contributed by atoms with Crippen molar-refractivity contribution in [1.82, 2.24) is 9.55 Å². The summed E-state index contributed by atoms with van der Waals surface area (Å²) >= 11 is 7.11. The number of hydrogen-bond acceptors (Lipinski definition) is 5. The Balaban J connectivity index is 1.75. The first-order valence-corrected chi connectivity index (χ1v) is 12.4. The Morgan fingerprint density at radius 3 is 2.43 bits per heavy atom. The zero-order valence-electron chi connectivity index (χ0n) is 18.4. The molecule has 0 aliphatic carbocycles. The van der Waals surface area contributed by atoms with Gasteiger partial charge in [-0.15, -0.1) is 11.3 Å². The molecule has 0 atom stereocenters. The van der Waals surface area contributed by atoms with Gasteiger partial charge in [-0.1, -0.05) is 36.6 Å². The number of benzene rings is 2. The molecule has 3 heterocycles. The maximum Gasteiger partial charge on any atom is 0.341 e. The van der Waals surface area contributed by atoms with Gasteiger partial charge < -0.3 is 10.0 Å². The minimum Gasteiger partial charge on any atom is -0.477 e. The number of nitrogens with zero attached hydrogens (tertiary/aromatic N) is 3. The highest BCUT2D eigenvalue weighted by molar-refractivity contribution is 7.12. The Bertz CT molecular complexity index is 1490. The summed E-state index contributed by atoms with van der Waals surface area (Å²) in [7, 11) is 0. The molecule has 0 saturated carbocycles. The van der Waals surface area contributed by atoms with Gasteiger partial charge in [-0.3, -0.25) is 9.36 Å². The van der Waals surface area contributed by atoms with Crippen LogP contribution in [0.25, 0.3) is 27.3 Å². The largest absolute Gasteiger partial charge is 0.477 e. The molecule has 35 heavy (non-hydrogen) atoms. The lowest BCUT2D eigenvalue weighted by atomic mass is 10.1. The summed E-state index contributed by atoms with van der Waals surface area (Å²) in [6, 6.07) is 7.92. The number of aromatic carboxylic acids is 1. The number of carboxylic acid groups (broad SMARTS) is 1. The van der Waals surface area contributed by atoms with Crippen molar-refractivity contribution < 1.29 is 18.7 Å². The second-order valence-electron chi connectivity index (χ2n) is 8.39. The molecule has 0 radical (unpaired) electrons. The number of pyridine rings is 1. The lowest BCUT2D eigenvalue weighted by Gasteiger charge is -2.25. The summed E-state index contributed by atoms with van der Waals surface area (Å²) in [5, 5.41) is 11.8. The third-order valence-electron chi connectivity index (χ3n) is 6.15. The first kappa shape index (κ1) is 23.4. The van der Waals surface area contributed by atoms with Gasteiger partial charge in [0.25, 0.3) is 0 Å². The molecule has 1 N–H and O–H groups in total. The highest BCUT2D eigenvalue weighted by atomic mass is 35.5. The number of halogens is 3. The Hall–Kier alpha value is -3.30. The van der Waals surface area contributed by atoms with Gasteiger partial charge in [0, 0.05) is 35.3 Å². The SMILES string of the molecule is O=C(O)c1cn(-c2nc(-c3ccc(Cl)cc3)cs2)c2c(F)c(N3CCCCCC3)c(F)cc2c1=O. The second-order valence-corrected chi connectivity index (χ2v) is 9.66. The predicted molar refractivity (Wildman–Crippen MR) is 133 cm³/mol. The molecule has 10 heteroatoms. The minimum atomic E-state index is -1.49. The molecule has 1 aliphatic rings. The Morgan fingerprint density at radius 1 is 1.09 bits per heavy atom. The molecule has 0 amide bonds. The number of carbonyl (C=O) groups is 1. The van der Waals surface area contributed by atoms with Crippen molar-refractivity contribution in [3.63, 3.8) is 0 Å². The lowest BCUT2D eigenvalue weighted by Crippen LogP contribution is -2.27. The predicted octanol–water partition coefficient (Wildman–Crippen LogP) is 6.12. The van der Waals surface area contributed by atoms with Crippen LogP contribution >= 0.6 is 22.9 Å². The number of rotatable bonds is 4. The molecule has 1 aliphatic heterocycles. The van der Waals surface area contributed by atoms with Crippen molar-refractivity contribution in [3.05, 3.63) is 74.4 Å². The average molecular weight is 516 g/mol. The summed E-state index contributed by atoms with van der Waals surface area (Å²) < 4.78 is 32.5. The van der Waals surface area contributed by atoms with Crippen molar-refractivity contribution >= 4 is 45.5 Å². The van der Waals surface area contributed by atoms with Crippen LogP contribution in [0.15, 0.2) is 46.7 Å². The van der Waals surface area contributed by atoms with Gasteiger partial charge in [0.2, 0.25) is 5.43 Å². The van der Waals surface area contributed by atoms with E-state index in [0.29, 0.717) is 23.8 Å². The van der Waals surface area contributed by atoms with E-state index in [1.54, 1.807) is 34.5 Å². The zero-order chi connectivity index (χ0) is 24.7. The van der Waals surface area contributed by atoms with Gasteiger partial charge in [-0.25, -0.2) is 18.6 Å². The van der Waals surface area contributed by atoms with Gasteiger partial charge >= 0.3 is 5.97 Å². The highest BCUT2D eigenvalue weighted by Gasteiger charge is 2.26. The van der Waals surface area contributed by atoms with E-state index in [2.05, 4.69) is 4.98 Å². The van der Waals surface area contributed by atoms with E-state index in [0.717, 1.165) is 54.8 Å². The fourth-order valence-corrected chi connectivity index (χ4v) is 5.36. The smallest absolute Gasteiger partial charge is 0.341 e. The van der Waals surface area contributed by atoms with Crippen LogP contribution in [0.4, 0.5) is 14.5 Å². The Morgan fingerprint density at radius 2 is 1.77 bits per heavy atom. The van der Waals surface area contributed by atoms with Crippen molar-refractivity contribution in [2.24, 2.45) is 0 Å². The van der Waals surface area contributed by atoms with Gasteiger partial charge in [0.1, 0.15) is 17.1 Å². The maximum atomic E-state index is 16.1. The standard InChI is InChI=1S/C25H20ClF2N3O3S/c26-15-7-5-14(6-8-15)19-13-35-25(29-19)31-12-17(24(33)34)23(32)16-11-18(27)22(20(28)21(16)31)30-9-3-1-2-4-10-30/h5-8,11-13H,1-4,9-10H2,(H,33,34). The number of aromatic nitrogens is 2. The molecular formula is C25H20ClF2N3O3S. The van der Waals surface area contributed by atoms with Gasteiger partial charge in [-0.2, -0.15) is 0 Å². The normalized spacial score (nSPS) is 14.3.